The van der Waals surface area contributed by atoms with Crippen molar-refractivity contribution in [1.29, 1.82) is 0 Å². The Morgan fingerprint density at radius 2 is 1.61 bits per heavy atom. The molecule has 6 heteroatoms. The Morgan fingerprint density at radius 1 is 0.871 bits per heavy atom. The third-order valence-electron chi connectivity index (χ3n) is 4.99. The predicted molar refractivity (Wildman–Crippen MR) is 122 cm³/mol. The number of nitrogens with one attached hydrogen (secondary N) is 3. The number of hydrogen-bond donors (Lipinski definition) is 3. The summed E-state index contributed by atoms with van der Waals surface area (Å²) in [4.78, 5) is 25.5. The van der Waals surface area contributed by atoms with E-state index in [0.717, 1.165) is 16.5 Å². The van der Waals surface area contributed by atoms with Crippen molar-refractivity contribution in [3.8, 4) is 0 Å². The van der Waals surface area contributed by atoms with Crippen LogP contribution in [0.2, 0.25) is 0 Å². The molecule has 6 nitrogen and oxygen atoms in total. The largest absolute Gasteiger partial charge is 0.467 e. The first-order valence-electron chi connectivity index (χ1n) is 10.1. The fourth-order valence-corrected chi connectivity index (χ4v) is 3.36. The Balaban J connectivity index is 1.45. The van der Waals surface area contributed by atoms with Gasteiger partial charge in [0.1, 0.15) is 11.8 Å². The standard InChI is InChI=1S/C25H23N3O3/c1-17(24(29)28-22-14-6-9-18-8-2-3-11-20(18)22)27-23-13-5-4-12-21(23)25(30)26-16-19-10-7-15-31-19/h2-15,17,27H,16H2,1H3,(H,26,30)(H,28,29)/t17-/m0/s1. The number of hydrogen-bond acceptors (Lipinski definition) is 4. The molecule has 0 unspecified atom stereocenters. The quantitative estimate of drug-likeness (QED) is 0.406. The van der Waals surface area contributed by atoms with E-state index in [4.69, 9.17) is 4.42 Å². The van der Waals surface area contributed by atoms with Crippen LogP contribution in [0.5, 0.6) is 0 Å². The van der Waals surface area contributed by atoms with Gasteiger partial charge in [0.15, 0.2) is 0 Å². The molecular formula is C25H23N3O3. The SMILES string of the molecule is C[C@H](Nc1ccccc1C(=O)NCc1ccco1)C(=O)Nc1cccc2ccccc12. The zero-order chi connectivity index (χ0) is 21.6. The Kier molecular flexibility index (Phi) is 5.98. The molecule has 4 aromatic rings. The van der Waals surface area contributed by atoms with Crippen molar-refractivity contribution in [2.24, 2.45) is 0 Å². The van der Waals surface area contributed by atoms with Crippen LogP contribution < -0.4 is 16.0 Å². The minimum Gasteiger partial charge on any atom is -0.467 e. The molecule has 0 aliphatic heterocycles. The summed E-state index contributed by atoms with van der Waals surface area (Å²) >= 11 is 0. The molecule has 2 amide bonds. The average molecular weight is 413 g/mol. The lowest BCUT2D eigenvalue weighted by Crippen LogP contribution is -2.33. The van der Waals surface area contributed by atoms with E-state index in [2.05, 4.69) is 16.0 Å². The maximum atomic E-state index is 12.8. The van der Waals surface area contributed by atoms with Gasteiger partial charge in [0.05, 0.1) is 18.4 Å². The molecule has 0 saturated heterocycles. The van der Waals surface area contributed by atoms with Gasteiger partial charge in [-0.15, -0.1) is 0 Å². The highest BCUT2D eigenvalue weighted by atomic mass is 16.3. The summed E-state index contributed by atoms with van der Waals surface area (Å²) in [5.41, 5.74) is 1.79. The summed E-state index contributed by atoms with van der Waals surface area (Å²) in [6.07, 6.45) is 1.56. The maximum absolute atomic E-state index is 12.8. The van der Waals surface area contributed by atoms with Crippen LogP contribution in [0.4, 0.5) is 11.4 Å². The van der Waals surface area contributed by atoms with Gasteiger partial charge in [-0.25, -0.2) is 0 Å². The van der Waals surface area contributed by atoms with Gasteiger partial charge in [-0.1, -0.05) is 48.5 Å². The fraction of sp³-hybridized carbons (Fsp3) is 0.120. The van der Waals surface area contributed by atoms with Crippen molar-refractivity contribution in [2.45, 2.75) is 19.5 Å². The highest BCUT2D eigenvalue weighted by Gasteiger charge is 2.18. The molecule has 0 fully saturated rings. The van der Waals surface area contributed by atoms with E-state index < -0.39 is 6.04 Å². The summed E-state index contributed by atoms with van der Waals surface area (Å²) in [7, 11) is 0. The molecule has 4 rings (SSSR count). The summed E-state index contributed by atoms with van der Waals surface area (Å²) < 4.78 is 5.25. The van der Waals surface area contributed by atoms with Crippen LogP contribution >= 0.6 is 0 Å². The number of benzene rings is 3. The van der Waals surface area contributed by atoms with Crippen molar-refractivity contribution in [3.05, 3.63) is 96.4 Å². The Labute approximate surface area is 180 Å². The molecule has 156 valence electrons. The lowest BCUT2D eigenvalue weighted by atomic mass is 10.1. The summed E-state index contributed by atoms with van der Waals surface area (Å²) in [5.74, 6) is 0.227. The summed E-state index contributed by atoms with van der Waals surface area (Å²) in [6, 6.07) is 23.8. The number of rotatable bonds is 7. The van der Waals surface area contributed by atoms with Gasteiger partial charge >= 0.3 is 0 Å². The van der Waals surface area contributed by atoms with E-state index in [1.165, 1.54) is 0 Å². The van der Waals surface area contributed by atoms with E-state index in [1.54, 1.807) is 43.5 Å². The zero-order valence-electron chi connectivity index (χ0n) is 17.1. The third-order valence-corrected chi connectivity index (χ3v) is 4.99. The van der Waals surface area contributed by atoms with Crippen LogP contribution in [-0.4, -0.2) is 17.9 Å². The minimum absolute atomic E-state index is 0.192. The van der Waals surface area contributed by atoms with Crippen molar-refractivity contribution in [2.75, 3.05) is 10.6 Å². The lowest BCUT2D eigenvalue weighted by Gasteiger charge is -2.18. The van der Waals surface area contributed by atoms with E-state index in [1.807, 2.05) is 48.5 Å². The second kappa shape index (κ2) is 9.17. The minimum atomic E-state index is -0.557. The Morgan fingerprint density at radius 3 is 2.45 bits per heavy atom. The summed E-state index contributed by atoms with van der Waals surface area (Å²) in [5, 5.41) is 11.0. The topological polar surface area (TPSA) is 83.4 Å². The second-order valence-corrected chi connectivity index (χ2v) is 7.19. The van der Waals surface area contributed by atoms with Crippen LogP contribution in [0, 0.1) is 0 Å². The highest BCUT2D eigenvalue weighted by molar-refractivity contribution is 6.05. The summed E-state index contributed by atoms with van der Waals surface area (Å²) in [6.45, 7) is 2.05. The Bertz CT molecular complexity index is 1200. The van der Waals surface area contributed by atoms with Crippen molar-refractivity contribution >= 4 is 34.0 Å². The van der Waals surface area contributed by atoms with E-state index >= 15 is 0 Å². The van der Waals surface area contributed by atoms with Crippen molar-refractivity contribution < 1.29 is 14.0 Å². The van der Waals surface area contributed by atoms with Gasteiger partial charge in [0, 0.05) is 16.8 Å². The normalized spacial score (nSPS) is 11.6. The third kappa shape index (κ3) is 4.75. The number of carbonyl (C=O) groups excluding carboxylic acids is 2. The number of furan rings is 1. The molecule has 1 atom stereocenters. The molecule has 1 aromatic heterocycles. The van der Waals surface area contributed by atoms with Crippen molar-refractivity contribution in [3.63, 3.8) is 0 Å². The van der Waals surface area contributed by atoms with E-state index in [0.29, 0.717) is 17.0 Å². The number of carbonyl (C=O) groups is 2. The van der Waals surface area contributed by atoms with Gasteiger partial charge in [-0.2, -0.15) is 0 Å². The molecule has 31 heavy (non-hydrogen) atoms. The molecule has 0 bridgehead atoms. The van der Waals surface area contributed by atoms with Crippen molar-refractivity contribution in [1.82, 2.24) is 5.32 Å². The first kappa shape index (κ1) is 20.2. The van der Waals surface area contributed by atoms with Gasteiger partial charge < -0.3 is 20.4 Å². The van der Waals surface area contributed by atoms with Gasteiger partial charge in [-0.3, -0.25) is 9.59 Å². The van der Waals surface area contributed by atoms with Gasteiger partial charge in [-0.05, 0) is 42.6 Å². The first-order chi connectivity index (χ1) is 15.1. The monoisotopic (exact) mass is 413 g/mol. The first-order valence-corrected chi connectivity index (χ1v) is 10.1. The number of amides is 2. The van der Waals surface area contributed by atoms with Crippen LogP contribution in [-0.2, 0) is 11.3 Å². The second-order valence-electron chi connectivity index (χ2n) is 7.19. The van der Waals surface area contributed by atoms with Gasteiger partial charge in [0.2, 0.25) is 5.91 Å². The molecule has 0 aliphatic carbocycles. The van der Waals surface area contributed by atoms with Crippen LogP contribution in [0.25, 0.3) is 10.8 Å². The molecule has 3 N–H and O–H groups in total. The molecule has 0 saturated carbocycles. The molecular weight excluding hydrogens is 390 g/mol. The van der Waals surface area contributed by atoms with Gasteiger partial charge in [0.25, 0.3) is 5.91 Å². The maximum Gasteiger partial charge on any atom is 0.253 e. The Hall–Kier alpha value is -4.06. The molecule has 0 radical (unpaired) electrons. The van der Waals surface area contributed by atoms with E-state index in [-0.39, 0.29) is 18.4 Å². The van der Waals surface area contributed by atoms with Crippen LogP contribution in [0.3, 0.4) is 0 Å². The predicted octanol–water partition coefficient (Wildman–Crippen LogP) is 4.80. The average Bonchev–Trinajstić information content (AvgIpc) is 3.32. The highest BCUT2D eigenvalue weighted by Crippen LogP contribution is 2.23. The van der Waals surface area contributed by atoms with Crippen LogP contribution in [0.1, 0.15) is 23.0 Å². The fourth-order valence-electron chi connectivity index (χ4n) is 3.36. The smallest absolute Gasteiger partial charge is 0.253 e. The zero-order valence-corrected chi connectivity index (χ0v) is 17.1. The van der Waals surface area contributed by atoms with Crippen LogP contribution in [0.15, 0.2) is 89.5 Å². The molecule has 0 spiro atoms. The molecule has 3 aromatic carbocycles. The number of anilines is 2. The molecule has 0 aliphatic rings. The molecule has 1 heterocycles. The van der Waals surface area contributed by atoms with E-state index in [9.17, 15) is 9.59 Å². The number of fused-ring (bicyclic) bond motifs is 1. The number of para-hydroxylation sites is 1. The lowest BCUT2D eigenvalue weighted by molar-refractivity contribution is -0.116.